The van der Waals surface area contributed by atoms with Crippen molar-refractivity contribution in [2.75, 3.05) is 31.2 Å². The van der Waals surface area contributed by atoms with Gasteiger partial charge in [-0.1, -0.05) is 0 Å². The second kappa shape index (κ2) is 6.47. The van der Waals surface area contributed by atoms with Crippen molar-refractivity contribution in [3.8, 4) is 0 Å². The molecule has 1 aromatic carbocycles. The predicted molar refractivity (Wildman–Crippen MR) is 73.9 cm³/mol. The van der Waals surface area contributed by atoms with E-state index in [1.165, 1.54) is 6.92 Å². The molecule has 6 heteroatoms. The third-order valence-corrected chi connectivity index (χ3v) is 3.47. The first-order valence-electron chi connectivity index (χ1n) is 6.90. The summed E-state index contributed by atoms with van der Waals surface area (Å²) in [6, 6.07) is 5.51. The van der Waals surface area contributed by atoms with Crippen LogP contribution in [0.25, 0.3) is 0 Å². The van der Waals surface area contributed by atoms with Gasteiger partial charge in [0, 0.05) is 24.3 Å². The molecule has 1 aliphatic rings. The molecule has 0 spiro atoms. The third-order valence-electron chi connectivity index (χ3n) is 3.47. The van der Waals surface area contributed by atoms with Crippen molar-refractivity contribution in [3.05, 3.63) is 29.3 Å². The molecule has 0 aliphatic carbocycles. The summed E-state index contributed by atoms with van der Waals surface area (Å²) in [7, 11) is 0. The van der Waals surface area contributed by atoms with Crippen LogP contribution in [0.3, 0.4) is 0 Å². The lowest BCUT2D eigenvalue weighted by atomic mass is 9.98. The summed E-state index contributed by atoms with van der Waals surface area (Å²) in [4.78, 5) is 13.4. The fourth-order valence-corrected chi connectivity index (χ4v) is 2.49. The lowest BCUT2D eigenvalue weighted by Crippen LogP contribution is -2.33. The summed E-state index contributed by atoms with van der Waals surface area (Å²) in [5, 5.41) is 0. The Morgan fingerprint density at radius 1 is 1.38 bits per heavy atom. The van der Waals surface area contributed by atoms with Crippen LogP contribution in [-0.2, 0) is 11.2 Å². The van der Waals surface area contributed by atoms with Gasteiger partial charge in [0.25, 0.3) is 0 Å². The molecular formula is C15H18F3NO2. The number of carbonyl (C=O) groups is 1. The number of carbonyl (C=O) groups excluding carboxylic acids is 1. The van der Waals surface area contributed by atoms with Crippen LogP contribution in [0.4, 0.5) is 18.9 Å². The molecule has 0 unspecified atom stereocenters. The standard InChI is InChI=1S/C15H18F3NO2/c1-11(20)12-4-5-14-13(9-12)3-2-6-19(14)7-8-21-10-15(16,17)18/h4-5,9H,2-3,6-8,10H2,1H3. The Morgan fingerprint density at radius 2 is 2.14 bits per heavy atom. The quantitative estimate of drug-likeness (QED) is 0.618. The minimum Gasteiger partial charge on any atom is -0.370 e. The minimum atomic E-state index is -4.28. The van der Waals surface area contributed by atoms with Gasteiger partial charge in [-0.25, -0.2) is 0 Å². The van der Waals surface area contributed by atoms with Gasteiger partial charge in [-0.2, -0.15) is 13.2 Å². The normalized spacial score (nSPS) is 15.0. The third kappa shape index (κ3) is 4.46. The average molecular weight is 301 g/mol. The van der Waals surface area contributed by atoms with Crippen molar-refractivity contribution in [3.63, 3.8) is 0 Å². The molecule has 3 nitrogen and oxygen atoms in total. The van der Waals surface area contributed by atoms with Crippen LogP contribution < -0.4 is 4.90 Å². The first-order valence-corrected chi connectivity index (χ1v) is 6.90. The molecule has 0 N–H and O–H groups in total. The average Bonchev–Trinajstić information content (AvgIpc) is 2.42. The smallest absolute Gasteiger partial charge is 0.370 e. The number of fused-ring (bicyclic) bond motifs is 1. The molecule has 116 valence electrons. The molecule has 0 saturated carbocycles. The number of alkyl halides is 3. The zero-order chi connectivity index (χ0) is 15.5. The molecule has 0 amide bonds. The largest absolute Gasteiger partial charge is 0.411 e. The van der Waals surface area contributed by atoms with Crippen molar-refractivity contribution in [1.82, 2.24) is 0 Å². The number of Topliss-reactive ketones (excluding diaryl/α,β-unsaturated/α-hetero) is 1. The van der Waals surface area contributed by atoms with Gasteiger partial charge in [0.2, 0.25) is 0 Å². The van der Waals surface area contributed by atoms with E-state index in [9.17, 15) is 18.0 Å². The first kappa shape index (κ1) is 15.8. The van der Waals surface area contributed by atoms with Gasteiger partial charge in [0.15, 0.2) is 5.78 Å². The summed E-state index contributed by atoms with van der Waals surface area (Å²) in [6.45, 7) is 1.56. The van der Waals surface area contributed by atoms with Crippen LogP contribution in [0.1, 0.15) is 29.3 Å². The van der Waals surface area contributed by atoms with Gasteiger partial charge < -0.3 is 9.64 Å². The van der Waals surface area contributed by atoms with Gasteiger partial charge in [0.05, 0.1) is 6.61 Å². The Morgan fingerprint density at radius 3 is 2.81 bits per heavy atom. The summed E-state index contributed by atoms with van der Waals surface area (Å²) in [5.74, 6) is 0.0171. The van der Waals surface area contributed by atoms with Crippen molar-refractivity contribution >= 4 is 11.5 Å². The fourth-order valence-electron chi connectivity index (χ4n) is 2.49. The number of hydrogen-bond donors (Lipinski definition) is 0. The van der Waals surface area contributed by atoms with Gasteiger partial charge in [-0.15, -0.1) is 0 Å². The van der Waals surface area contributed by atoms with E-state index in [0.717, 1.165) is 30.6 Å². The van der Waals surface area contributed by atoms with Crippen molar-refractivity contribution in [2.24, 2.45) is 0 Å². The predicted octanol–water partition coefficient (Wildman–Crippen LogP) is 3.22. The molecule has 0 saturated heterocycles. The number of hydrogen-bond acceptors (Lipinski definition) is 3. The van der Waals surface area contributed by atoms with E-state index in [0.29, 0.717) is 12.1 Å². The highest BCUT2D eigenvalue weighted by Gasteiger charge is 2.27. The topological polar surface area (TPSA) is 29.5 Å². The number of halogens is 3. The molecular weight excluding hydrogens is 283 g/mol. The number of anilines is 1. The Balaban J connectivity index is 1.97. The highest BCUT2D eigenvalue weighted by molar-refractivity contribution is 5.94. The summed E-state index contributed by atoms with van der Waals surface area (Å²) in [6.07, 6.45) is -2.47. The van der Waals surface area contributed by atoms with Crippen LogP contribution in [-0.4, -0.2) is 38.3 Å². The maximum absolute atomic E-state index is 12.0. The number of ketones is 1. The van der Waals surface area contributed by atoms with E-state index in [4.69, 9.17) is 0 Å². The van der Waals surface area contributed by atoms with Crippen LogP contribution in [0.2, 0.25) is 0 Å². The van der Waals surface area contributed by atoms with E-state index in [1.807, 2.05) is 17.0 Å². The van der Waals surface area contributed by atoms with Crippen LogP contribution in [0.15, 0.2) is 18.2 Å². The lowest BCUT2D eigenvalue weighted by molar-refractivity contribution is -0.173. The maximum Gasteiger partial charge on any atom is 0.411 e. The molecule has 0 radical (unpaired) electrons. The van der Waals surface area contributed by atoms with Gasteiger partial charge in [-0.05, 0) is 43.5 Å². The van der Waals surface area contributed by atoms with E-state index in [-0.39, 0.29) is 12.4 Å². The molecule has 0 bridgehead atoms. The number of benzene rings is 1. The minimum absolute atomic E-state index is 0.0171. The molecule has 1 heterocycles. The molecule has 0 fully saturated rings. The van der Waals surface area contributed by atoms with Gasteiger partial charge in [-0.3, -0.25) is 4.79 Å². The lowest BCUT2D eigenvalue weighted by Gasteiger charge is -2.31. The van der Waals surface area contributed by atoms with Crippen molar-refractivity contribution in [2.45, 2.75) is 25.9 Å². The van der Waals surface area contributed by atoms with E-state index in [2.05, 4.69) is 4.74 Å². The van der Waals surface area contributed by atoms with Crippen molar-refractivity contribution < 1.29 is 22.7 Å². The molecule has 2 rings (SSSR count). The highest BCUT2D eigenvalue weighted by atomic mass is 19.4. The first-order chi connectivity index (χ1) is 9.87. The number of aryl methyl sites for hydroxylation is 1. The molecule has 0 aromatic heterocycles. The zero-order valence-electron chi connectivity index (χ0n) is 11.9. The zero-order valence-corrected chi connectivity index (χ0v) is 11.9. The second-order valence-electron chi connectivity index (χ2n) is 5.16. The molecule has 1 aliphatic heterocycles. The Kier molecular flexibility index (Phi) is 4.88. The summed E-state index contributed by atoms with van der Waals surface area (Å²) < 4.78 is 40.7. The number of nitrogens with zero attached hydrogens (tertiary/aromatic N) is 1. The summed E-state index contributed by atoms with van der Waals surface area (Å²) >= 11 is 0. The van der Waals surface area contributed by atoms with E-state index in [1.54, 1.807) is 6.07 Å². The second-order valence-corrected chi connectivity index (χ2v) is 5.16. The van der Waals surface area contributed by atoms with E-state index < -0.39 is 12.8 Å². The molecule has 1 aromatic rings. The number of ether oxygens (including phenoxy) is 1. The van der Waals surface area contributed by atoms with Crippen LogP contribution in [0, 0.1) is 0 Å². The monoisotopic (exact) mass is 301 g/mol. The maximum atomic E-state index is 12.0. The Labute approximate surface area is 121 Å². The van der Waals surface area contributed by atoms with Crippen LogP contribution >= 0.6 is 0 Å². The SMILES string of the molecule is CC(=O)c1ccc2c(c1)CCCN2CCOCC(F)(F)F. The van der Waals surface area contributed by atoms with Crippen molar-refractivity contribution in [1.29, 1.82) is 0 Å². The van der Waals surface area contributed by atoms with Gasteiger partial charge in [0.1, 0.15) is 6.61 Å². The molecule has 0 atom stereocenters. The van der Waals surface area contributed by atoms with Gasteiger partial charge >= 0.3 is 6.18 Å². The van der Waals surface area contributed by atoms with Crippen LogP contribution in [0.5, 0.6) is 0 Å². The van der Waals surface area contributed by atoms with E-state index >= 15 is 0 Å². The Bertz CT molecular complexity index is 514. The fraction of sp³-hybridized carbons (Fsp3) is 0.533. The molecule has 21 heavy (non-hydrogen) atoms. The summed E-state index contributed by atoms with van der Waals surface area (Å²) in [5.41, 5.74) is 2.73. The number of rotatable bonds is 5. The highest BCUT2D eigenvalue weighted by Crippen LogP contribution is 2.28. The Hall–Kier alpha value is -1.56.